The van der Waals surface area contributed by atoms with Gasteiger partial charge in [-0.25, -0.2) is 0 Å². The highest BCUT2D eigenvalue weighted by atomic mass is 32.2. The minimum atomic E-state index is -0.209. The predicted molar refractivity (Wildman–Crippen MR) is 56.0 cm³/mol. The van der Waals surface area contributed by atoms with Crippen molar-refractivity contribution < 1.29 is 4.79 Å². The average molecular weight is 204 g/mol. The Morgan fingerprint density at radius 3 is 2.36 bits per heavy atom. The van der Waals surface area contributed by atoms with E-state index in [4.69, 9.17) is 12.2 Å². The fraction of sp³-hybridized carbons (Fsp3) is 0.429. The zero-order valence-corrected chi connectivity index (χ0v) is 8.78. The molecular formula is C7H8OS3. The van der Waals surface area contributed by atoms with Crippen molar-refractivity contribution >= 4 is 47.1 Å². The van der Waals surface area contributed by atoms with E-state index in [0.717, 1.165) is 15.4 Å². The van der Waals surface area contributed by atoms with Crippen molar-refractivity contribution in [3.05, 3.63) is 9.81 Å². The number of carbonyl (C=O) groups excluding carboxylic acids is 1. The van der Waals surface area contributed by atoms with E-state index >= 15 is 0 Å². The normalized spacial score (nSPS) is 22.6. The van der Waals surface area contributed by atoms with Crippen LogP contribution in [0.15, 0.2) is 9.81 Å². The fourth-order valence-electron chi connectivity index (χ4n) is 0.760. The summed E-state index contributed by atoms with van der Waals surface area (Å²) in [7, 11) is 0. The van der Waals surface area contributed by atoms with Crippen LogP contribution in [0.4, 0.5) is 0 Å². The van der Waals surface area contributed by atoms with Gasteiger partial charge in [0, 0.05) is 10.3 Å². The van der Waals surface area contributed by atoms with Crippen LogP contribution in [-0.2, 0) is 4.79 Å². The molecule has 0 saturated carbocycles. The second-order valence-electron chi connectivity index (χ2n) is 2.85. The van der Waals surface area contributed by atoms with E-state index in [-0.39, 0.29) is 5.41 Å². The highest BCUT2D eigenvalue weighted by Crippen LogP contribution is 2.47. The summed E-state index contributed by atoms with van der Waals surface area (Å²) in [5, 5.41) is 0. The molecule has 1 aliphatic heterocycles. The molecule has 1 rings (SSSR count). The van der Waals surface area contributed by atoms with E-state index in [1.807, 2.05) is 13.8 Å². The lowest BCUT2D eigenvalue weighted by atomic mass is 9.95. The van der Waals surface area contributed by atoms with Gasteiger partial charge in [0.1, 0.15) is 0 Å². The van der Waals surface area contributed by atoms with Gasteiger partial charge in [0.2, 0.25) is 0 Å². The van der Waals surface area contributed by atoms with E-state index in [1.165, 1.54) is 11.8 Å². The van der Waals surface area contributed by atoms with Gasteiger partial charge in [0.25, 0.3) is 0 Å². The predicted octanol–water partition coefficient (Wildman–Crippen LogP) is 2.43. The van der Waals surface area contributed by atoms with Gasteiger partial charge in [-0.05, 0) is 13.8 Å². The number of thioether (sulfide) groups is 1. The van der Waals surface area contributed by atoms with Crippen LogP contribution in [0.25, 0.3) is 0 Å². The van der Waals surface area contributed by atoms with Crippen molar-refractivity contribution in [2.24, 2.45) is 5.41 Å². The molecule has 0 aromatic carbocycles. The first-order valence-electron chi connectivity index (χ1n) is 3.11. The minimum absolute atomic E-state index is 0.209. The van der Waals surface area contributed by atoms with Crippen molar-refractivity contribution in [3.63, 3.8) is 0 Å². The molecule has 0 N–H and O–H groups in total. The third-order valence-electron chi connectivity index (χ3n) is 1.65. The van der Waals surface area contributed by atoms with E-state index in [1.54, 1.807) is 0 Å². The Hall–Kier alpha value is 0.200. The number of hydrogen-bond acceptors (Lipinski definition) is 4. The molecule has 4 heteroatoms. The SMILES string of the molecule is CC1(C)C(=S)SC(C=O)=C1S. The van der Waals surface area contributed by atoms with Crippen LogP contribution in [0.3, 0.4) is 0 Å². The molecule has 0 aromatic rings. The van der Waals surface area contributed by atoms with E-state index in [2.05, 4.69) is 12.6 Å². The summed E-state index contributed by atoms with van der Waals surface area (Å²) in [6.07, 6.45) is 0.814. The number of thiol groups is 1. The smallest absolute Gasteiger partial charge is 0.157 e. The number of carbonyl (C=O) groups is 1. The van der Waals surface area contributed by atoms with Gasteiger partial charge in [-0.1, -0.05) is 24.0 Å². The van der Waals surface area contributed by atoms with E-state index in [9.17, 15) is 4.79 Å². The minimum Gasteiger partial charge on any atom is -0.297 e. The molecule has 0 amide bonds. The lowest BCUT2D eigenvalue weighted by Gasteiger charge is -2.17. The van der Waals surface area contributed by atoms with Gasteiger partial charge in [-0.2, -0.15) is 0 Å². The van der Waals surface area contributed by atoms with Gasteiger partial charge in [0.15, 0.2) is 6.29 Å². The summed E-state index contributed by atoms with van der Waals surface area (Å²) in [6, 6.07) is 0. The maximum absolute atomic E-state index is 10.5. The molecule has 1 heterocycles. The maximum Gasteiger partial charge on any atom is 0.157 e. The summed E-state index contributed by atoms with van der Waals surface area (Å²) >= 11 is 10.7. The highest BCUT2D eigenvalue weighted by molar-refractivity contribution is 8.27. The van der Waals surface area contributed by atoms with Gasteiger partial charge in [-0.3, -0.25) is 4.79 Å². The van der Waals surface area contributed by atoms with Crippen molar-refractivity contribution in [2.75, 3.05) is 0 Å². The first-order chi connectivity index (χ1) is 5.00. The molecule has 0 aliphatic carbocycles. The molecule has 0 atom stereocenters. The second kappa shape index (κ2) is 2.92. The molecule has 0 radical (unpaired) electrons. The van der Waals surface area contributed by atoms with Gasteiger partial charge in [0.05, 0.1) is 9.10 Å². The molecule has 0 fully saturated rings. The topological polar surface area (TPSA) is 17.1 Å². The van der Waals surface area contributed by atoms with E-state index in [0.29, 0.717) is 4.91 Å². The molecule has 60 valence electrons. The van der Waals surface area contributed by atoms with Crippen LogP contribution < -0.4 is 0 Å². The Bertz CT molecular complexity index is 252. The zero-order valence-electron chi connectivity index (χ0n) is 6.25. The summed E-state index contributed by atoms with van der Waals surface area (Å²) < 4.78 is 0.824. The Morgan fingerprint density at radius 2 is 2.18 bits per heavy atom. The largest absolute Gasteiger partial charge is 0.297 e. The number of allylic oxidation sites excluding steroid dienone is 2. The van der Waals surface area contributed by atoms with Gasteiger partial charge >= 0.3 is 0 Å². The molecule has 0 unspecified atom stereocenters. The molecule has 0 spiro atoms. The van der Waals surface area contributed by atoms with Crippen LogP contribution in [0.5, 0.6) is 0 Å². The lowest BCUT2D eigenvalue weighted by molar-refractivity contribution is -0.104. The molecule has 1 aliphatic rings. The van der Waals surface area contributed by atoms with Crippen LogP contribution in [0, 0.1) is 5.41 Å². The lowest BCUT2D eigenvalue weighted by Crippen LogP contribution is -2.15. The van der Waals surface area contributed by atoms with Crippen LogP contribution in [0.2, 0.25) is 0 Å². The number of thiocarbonyl (C=S) groups is 1. The van der Waals surface area contributed by atoms with Crippen molar-refractivity contribution in [3.8, 4) is 0 Å². The van der Waals surface area contributed by atoms with E-state index < -0.39 is 0 Å². The fourth-order valence-corrected chi connectivity index (χ4v) is 2.54. The number of aldehydes is 1. The zero-order chi connectivity index (χ0) is 8.65. The number of hydrogen-bond donors (Lipinski definition) is 1. The maximum atomic E-state index is 10.5. The van der Waals surface area contributed by atoms with Crippen LogP contribution in [-0.4, -0.2) is 10.5 Å². The Labute approximate surface area is 81.0 Å². The summed E-state index contributed by atoms with van der Waals surface area (Å²) in [6.45, 7) is 3.95. The van der Waals surface area contributed by atoms with Crippen molar-refractivity contribution in [1.82, 2.24) is 0 Å². The van der Waals surface area contributed by atoms with Crippen LogP contribution >= 0.6 is 36.6 Å². The number of rotatable bonds is 1. The highest BCUT2D eigenvalue weighted by Gasteiger charge is 2.36. The first-order valence-corrected chi connectivity index (χ1v) is 4.78. The standard InChI is InChI=1S/C7H8OS3/c1-7(2)5(9)4(3-8)11-6(7)10/h3,9H,1-2H3. The quantitative estimate of drug-likeness (QED) is 0.402. The molecule has 0 aromatic heterocycles. The first kappa shape index (κ1) is 9.29. The average Bonchev–Trinajstić information content (AvgIpc) is 2.14. The molecular weight excluding hydrogens is 196 g/mol. The third-order valence-corrected chi connectivity index (χ3v) is 4.57. The van der Waals surface area contributed by atoms with Crippen LogP contribution in [0.1, 0.15) is 13.8 Å². The summed E-state index contributed by atoms with van der Waals surface area (Å²) in [5.74, 6) is 0. The molecule has 0 bridgehead atoms. The molecule has 0 saturated heterocycles. The Balaban J connectivity index is 3.11. The van der Waals surface area contributed by atoms with Gasteiger partial charge in [-0.15, -0.1) is 12.6 Å². The summed E-state index contributed by atoms with van der Waals surface area (Å²) in [5.41, 5.74) is -0.209. The second-order valence-corrected chi connectivity index (χ2v) is 5.01. The molecule has 1 nitrogen and oxygen atoms in total. The third kappa shape index (κ3) is 1.39. The summed E-state index contributed by atoms with van der Waals surface area (Å²) in [4.78, 5) is 11.9. The van der Waals surface area contributed by atoms with Crippen molar-refractivity contribution in [2.45, 2.75) is 13.8 Å². The Kier molecular flexibility index (Phi) is 2.46. The monoisotopic (exact) mass is 204 g/mol. The molecule has 11 heavy (non-hydrogen) atoms. The van der Waals surface area contributed by atoms with Crippen molar-refractivity contribution in [1.29, 1.82) is 0 Å². The van der Waals surface area contributed by atoms with Gasteiger partial charge < -0.3 is 0 Å². The Morgan fingerprint density at radius 1 is 1.64 bits per heavy atom.